The van der Waals surface area contributed by atoms with Gasteiger partial charge >= 0.3 is 12.1 Å². The van der Waals surface area contributed by atoms with Crippen molar-refractivity contribution in [1.29, 1.82) is 0 Å². The van der Waals surface area contributed by atoms with Gasteiger partial charge in [-0.15, -0.1) is 0 Å². The largest absolute Gasteiger partial charge is 0.481 e. The Balaban J connectivity index is 2.45. The van der Waals surface area contributed by atoms with Gasteiger partial charge in [-0.1, -0.05) is 6.07 Å². The van der Waals surface area contributed by atoms with Crippen LogP contribution in [0.2, 0.25) is 0 Å². The van der Waals surface area contributed by atoms with E-state index in [1.807, 2.05) is 0 Å². The predicted octanol–water partition coefficient (Wildman–Crippen LogP) is 3.94. The Morgan fingerprint density at radius 3 is 2.33 bits per heavy atom. The van der Waals surface area contributed by atoms with Gasteiger partial charge in [0, 0.05) is 23.4 Å². The Morgan fingerprint density at radius 2 is 1.77 bits per heavy atom. The summed E-state index contributed by atoms with van der Waals surface area (Å²) >= 11 is 0. The van der Waals surface area contributed by atoms with Gasteiger partial charge in [0.1, 0.15) is 11.4 Å². The van der Waals surface area contributed by atoms with E-state index in [9.17, 15) is 31.5 Å². The lowest BCUT2D eigenvalue weighted by Gasteiger charge is -2.38. The summed E-state index contributed by atoms with van der Waals surface area (Å²) in [4.78, 5) is 23.7. The Labute approximate surface area is 167 Å². The van der Waals surface area contributed by atoms with E-state index < -0.39 is 34.4 Å². The summed E-state index contributed by atoms with van der Waals surface area (Å²) in [6.45, 7) is 4.20. The van der Waals surface area contributed by atoms with Gasteiger partial charge in [0.25, 0.3) is 5.56 Å². The quantitative estimate of drug-likeness (QED) is 0.593. The number of carbonyl (C=O) groups is 1. The van der Waals surface area contributed by atoms with E-state index in [4.69, 9.17) is 4.74 Å². The zero-order valence-electron chi connectivity index (χ0n) is 16.1. The minimum atomic E-state index is -5.82. The standard InChI is InChI=1S/C20H17F5N2O3/c1-11-12(19(21,22)20(23,24)25)7-8-13-15(11)16(27-9-5-4-6-14(27)29)17(26-10-28)18(2,3)30-13/h4-10H,1-3H3,(H,26,28). The Hall–Kier alpha value is -3.17. The highest BCUT2D eigenvalue weighted by molar-refractivity contribution is 5.81. The second-order valence-corrected chi connectivity index (χ2v) is 7.19. The molecule has 0 fully saturated rings. The van der Waals surface area contributed by atoms with Gasteiger partial charge in [-0.05, 0) is 44.5 Å². The van der Waals surface area contributed by atoms with Crippen molar-refractivity contribution in [3.63, 3.8) is 0 Å². The average Bonchev–Trinajstić information content (AvgIpc) is 2.62. The average molecular weight is 428 g/mol. The third-order valence-corrected chi connectivity index (χ3v) is 4.83. The summed E-state index contributed by atoms with van der Waals surface area (Å²) < 4.78 is 74.3. The lowest BCUT2D eigenvalue weighted by molar-refractivity contribution is -0.289. The molecule has 0 aliphatic carbocycles. The van der Waals surface area contributed by atoms with Crippen LogP contribution in [0.5, 0.6) is 5.75 Å². The zero-order chi connectivity index (χ0) is 22.5. The molecule has 160 valence electrons. The summed E-state index contributed by atoms with van der Waals surface area (Å²) in [7, 11) is 0. The van der Waals surface area contributed by atoms with Gasteiger partial charge in [-0.25, -0.2) is 0 Å². The number of rotatable bonds is 4. The Morgan fingerprint density at radius 1 is 1.10 bits per heavy atom. The highest BCUT2D eigenvalue weighted by Crippen LogP contribution is 2.49. The molecule has 1 aromatic heterocycles. The van der Waals surface area contributed by atoms with E-state index in [0.29, 0.717) is 12.5 Å². The number of alkyl halides is 5. The number of halogens is 5. The van der Waals surface area contributed by atoms with Crippen molar-refractivity contribution in [3.8, 4) is 5.75 Å². The van der Waals surface area contributed by atoms with Crippen molar-refractivity contribution >= 4 is 12.1 Å². The van der Waals surface area contributed by atoms with Gasteiger partial charge in [0.2, 0.25) is 6.41 Å². The molecule has 2 heterocycles. The van der Waals surface area contributed by atoms with Gasteiger partial charge < -0.3 is 10.1 Å². The van der Waals surface area contributed by atoms with E-state index >= 15 is 0 Å². The molecule has 0 saturated heterocycles. The molecular weight excluding hydrogens is 411 g/mol. The molecule has 3 rings (SSSR count). The number of amides is 1. The van der Waals surface area contributed by atoms with Gasteiger partial charge in [0.05, 0.1) is 11.4 Å². The number of aromatic nitrogens is 1. The molecule has 0 saturated carbocycles. The molecule has 0 spiro atoms. The van der Waals surface area contributed by atoms with Gasteiger partial charge in [-0.2, -0.15) is 22.0 Å². The van der Waals surface area contributed by atoms with Crippen molar-refractivity contribution in [2.45, 2.75) is 38.5 Å². The molecule has 1 N–H and O–H groups in total. The first-order valence-corrected chi connectivity index (χ1v) is 8.74. The number of benzene rings is 1. The highest BCUT2D eigenvalue weighted by Gasteiger charge is 2.59. The molecule has 1 aromatic carbocycles. The van der Waals surface area contributed by atoms with Crippen LogP contribution >= 0.6 is 0 Å². The summed E-state index contributed by atoms with van der Waals surface area (Å²) in [6.07, 6.45) is -4.19. The van der Waals surface area contributed by atoms with Crippen LogP contribution in [0, 0.1) is 6.92 Å². The fourth-order valence-corrected chi connectivity index (χ4v) is 3.45. The number of nitrogens with one attached hydrogen (secondary N) is 1. The van der Waals surface area contributed by atoms with E-state index in [-0.39, 0.29) is 22.7 Å². The second-order valence-electron chi connectivity index (χ2n) is 7.19. The first-order chi connectivity index (χ1) is 13.8. The minimum Gasteiger partial charge on any atom is -0.481 e. The third kappa shape index (κ3) is 3.25. The molecule has 1 amide bonds. The molecule has 0 atom stereocenters. The first kappa shape index (κ1) is 21.5. The van der Waals surface area contributed by atoms with E-state index in [1.165, 1.54) is 24.4 Å². The van der Waals surface area contributed by atoms with Crippen LogP contribution in [0.3, 0.4) is 0 Å². The van der Waals surface area contributed by atoms with Gasteiger partial charge in [-0.3, -0.25) is 14.2 Å². The lowest BCUT2D eigenvalue weighted by Crippen LogP contribution is -2.43. The van der Waals surface area contributed by atoms with Gasteiger partial charge in [0.15, 0.2) is 0 Å². The maximum Gasteiger partial charge on any atom is 0.458 e. The van der Waals surface area contributed by atoms with E-state index in [2.05, 4.69) is 5.32 Å². The smallest absolute Gasteiger partial charge is 0.458 e. The van der Waals surface area contributed by atoms with Crippen LogP contribution in [-0.4, -0.2) is 22.8 Å². The monoisotopic (exact) mass is 428 g/mol. The normalized spacial score (nSPS) is 16.0. The second kappa shape index (κ2) is 6.96. The number of fused-ring (bicyclic) bond motifs is 1. The molecular formula is C20H17F5N2O3. The third-order valence-electron chi connectivity index (χ3n) is 4.83. The van der Waals surface area contributed by atoms with Crippen LogP contribution in [0.25, 0.3) is 5.70 Å². The van der Waals surface area contributed by atoms with Crippen LogP contribution in [0.15, 0.2) is 47.0 Å². The number of ether oxygens (including phenoxy) is 1. The molecule has 2 aromatic rings. The number of pyridine rings is 1. The van der Waals surface area contributed by atoms with Crippen molar-refractivity contribution in [2.75, 3.05) is 0 Å². The zero-order valence-corrected chi connectivity index (χ0v) is 16.1. The molecule has 10 heteroatoms. The Kier molecular flexibility index (Phi) is 5.00. The van der Waals surface area contributed by atoms with Crippen molar-refractivity contribution in [2.24, 2.45) is 0 Å². The lowest BCUT2D eigenvalue weighted by atomic mass is 9.88. The van der Waals surface area contributed by atoms with Crippen LogP contribution < -0.4 is 15.6 Å². The van der Waals surface area contributed by atoms with Crippen LogP contribution in [0.1, 0.15) is 30.5 Å². The fourth-order valence-electron chi connectivity index (χ4n) is 3.45. The Bertz CT molecular complexity index is 1100. The van der Waals surface area contributed by atoms with Crippen molar-refractivity contribution in [1.82, 2.24) is 9.88 Å². The topological polar surface area (TPSA) is 60.3 Å². The first-order valence-electron chi connectivity index (χ1n) is 8.74. The fraction of sp³-hybridized carbons (Fsp3) is 0.300. The van der Waals surface area contributed by atoms with Crippen molar-refractivity contribution in [3.05, 3.63) is 69.3 Å². The van der Waals surface area contributed by atoms with Crippen molar-refractivity contribution < 1.29 is 31.5 Å². The molecule has 0 bridgehead atoms. The molecule has 0 radical (unpaired) electrons. The molecule has 0 unspecified atom stereocenters. The molecule has 30 heavy (non-hydrogen) atoms. The van der Waals surface area contributed by atoms with Crippen LogP contribution in [-0.2, 0) is 10.7 Å². The molecule has 5 nitrogen and oxygen atoms in total. The number of nitrogens with zero attached hydrogens (tertiary/aromatic N) is 1. The number of hydrogen-bond acceptors (Lipinski definition) is 3. The molecule has 1 aliphatic heterocycles. The maximum atomic E-state index is 14.2. The molecule has 1 aliphatic rings. The number of carbonyl (C=O) groups excluding carboxylic acids is 1. The summed E-state index contributed by atoms with van der Waals surface area (Å²) in [5.74, 6) is -5.13. The summed E-state index contributed by atoms with van der Waals surface area (Å²) in [5.41, 5.74) is -3.66. The predicted molar refractivity (Wildman–Crippen MR) is 98.1 cm³/mol. The number of hydrogen-bond donors (Lipinski definition) is 1. The highest BCUT2D eigenvalue weighted by atomic mass is 19.4. The van der Waals surface area contributed by atoms with Crippen LogP contribution in [0.4, 0.5) is 22.0 Å². The van der Waals surface area contributed by atoms with E-state index in [0.717, 1.165) is 17.6 Å². The summed E-state index contributed by atoms with van der Waals surface area (Å²) in [6, 6.07) is 5.78. The summed E-state index contributed by atoms with van der Waals surface area (Å²) in [5, 5.41) is 2.41. The minimum absolute atomic E-state index is 0.00132. The van der Waals surface area contributed by atoms with E-state index in [1.54, 1.807) is 13.8 Å². The maximum absolute atomic E-state index is 14.2. The SMILES string of the molecule is Cc1c(C(F)(F)C(F)(F)F)ccc2c1C(n1ccccc1=O)=C(NC=O)C(C)(C)O2.